The lowest BCUT2D eigenvalue weighted by Gasteiger charge is -2.34. The molecule has 0 aliphatic carbocycles. The minimum Gasteiger partial charge on any atom is -0.428 e. The number of benzene rings is 1. The number of unbranched alkanes of at least 4 members (excludes halogenated alkanes) is 1. The van der Waals surface area contributed by atoms with E-state index in [1.165, 1.54) is 34.0 Å². The Morgan fingerprint density at radius 1 is 1.06 bits per heavy atom. The highest BCUT2D eigenvalue weighted by Crippen LogP contribution is 2.29. The molecule has 0 radical (unpaired) electrons. The highest BCUT2D eigenvalue weighted by atomic mass is 32.2. The molecule has 1 saturated heterocycles. The fourth-order valence-corrected chi connectivity index (χ4v) is 4.46. The third-order valence-corrected chi connectivity index (χ3v) is 6.59. The van der Waals surface area contributed by atoms with Gasteiger partial charge < -0.3 is 9.64 Å². The Morgan fingerprint density at radius 2 is 1.70 bits per heavy atom. The van der Waals surface area contributed by atoms with Gasteiger partial charge in [-0.1, -0.05) is 6.08 Å². The van der Waals surface area contributed by atoms with Crippen LogP contribution in [0.5, 0.6) is 5.75 Å². The summed E-state index contributed by atoms with van der Waals surface area (Å²) in [6.07, 6.45) is -1.58. The average Bonchev–Trinajstić information content (AvgIpc) is 2.80. The average molecular weight is 489 g/mol. The molecule has 1 aromatic heterocycles. The van der Waals surface area contributed by atoms with Crippen LogP contribution in [0.3, 0.4) is 0 Å². The van der Waals surface area contributed by atoms with E-state index in [-0.39, 0.29) is 18.8 Å². The standard InChI is InChI=1S/C21H24F4N4O3S/c22-20(23)21(24,25)32-18-8-6-17(7-9-18)28-12-14-29(15-13-28)33(30,31)16-3-1-2-5-19-26-10-4-11-27-19/h3-4,6-11,16,20H,1-2,5,12-15H2. The molecule has 1 aliphatic heterocycles. The van der Waals surface area contributed by atoms with Gasteiger partial charge in [-0.05, 0) is 43.2 Å². The van der Waals surface area contributed by atoms with Crippen LogP contribution in [0, 0.1) is 0 Å². The van der Waals surface area contributed by atoms with E-state index in [1.54, 1.807) is 24.5 Å². The minimum absolute atomic E-state index is 0.256. The summed E-state index contributed by atoms with van der Waals surface area (Å²) < 4.78 is 81.0. The molecule has 3 rings (SSSR count). The van der Waals surface area contributed by atoms with Gasteiger partial charge in [0, 0.05) is 56.1 Å². The molecule has 12 heteroatoms. The lowest BCUT2D eigenvalue weighted by atomic mass is 10.2. The first kappa shape index (κ1) is 24.9. The Bertz CT molecular complexity index is 1010. The monoisotopic (exact) mass is 488 g/mol. The van der Waals surface area contributed by atoms with Crippen molar-refractivity contribution in [3.05, 3.63) is 60.0 Å². The zero-order chi connectivity index (χ0) is 23.9. The number of aromatic nitrogens is 2. The molecular weight excluding hydrogens is 464 g/mol. The number of anilines is 1. The molecule has 0 bridgehead atoms. The van der Waals surface area contributed by atoms with Gasteiger partial charge in [0.05, 0.1) is 0 Å². The molecular formula is C21H24F4N4O3S. The molecule has 0 spiro atoms. The summed E-state index contributed by atoms with van der Waals surface area (Å²) in [5.74, 6) is 0.335. The Balaban J connectivity index is 1.46. The molecule has 2 aromatic rings. The van der Waals surface area contributed by atoms with Gasteiger partial charge in [0.1, 0.15) is 11.6 Å². The number of alkyl halides is 4. The lowest BCUT2D eigenvalue weighted by Crippen LogP contribution is -2.48. The number of allylic oxidation sites excluding steroid dienone is 1. The topological polar surface area (TPSA) is 75.6 Å². The fourth-order valence-electron chi connectivity index (χ4n) is 3.24. The maximum Gasteiger partial charge on any atom is 0.461 e. The van der Waals surface area contributed by atoms with E-state index < -0.39 is 22.6 Å². The molecule has 2 heterocycles. The molecule has 0 amide bonds. The van der Waals surface area contributed by atoms with E-state index in [4.69, 9.17) is 0 Å². The number of ether oxygens (including phenoxy) is 1. The van der Waals surface area contributed by atoms with Crippen molar-refractivity contribution in [2.45, 2.75) is 31.8 Å². The predicted octanol–water partition coefficient (Wildman–Crippen LogP) is 3.70. The zero-order valence-corrected chi connectivity index (χ0v) is 18.5. The predicted molar refractivity (Wildman–Crippen MR) is 115 cm³/mol. The van der Waals surface area contributed by atoms with E-state index in [0.717, 1.165) is 6.42 Å². The smallest absolute Gasteiger partial charge is 0.428 e. The summed E-state index contributed by atoms with van der Waals surface area (Å²) >= 11 is 0. The molecule has 1 aliphatic rings. The molecule has 0 N–H and O–H groups in total. The number of halogens is 4. The Kier molecular flexibility index (Phi) is 8.25. The van der Waals surface area contributed by atoms with Crippen LogP contribution in [-0.4, -0.2) is 61.4 Å². The SMILES string of the molecule is O=S(=O)(C=CCCCc1ncccn1)N1CCN(c2ccc(OC(F)(F)C(F)F)cc2)CC1. The van der Waals surface area contributed by atoms with E-state index in [9.17, 15) is 26.0 Å². The molecule has 33 heavy (non-hydrogen) atoms. The number of aryl methyl sites for hydroxylation is 1. The normalized spacial score (nSPS) is 16.0. The Morgan fingerprint density at radius 3 is 2.30 bits per heavy atom. The zero-order valence-electron chi connectivity index (χ0n) is 17.7. The number of hydrogen-bond acceptors (Lipinski definition) is 6. The van der Waals surface area contributed by atoms with Crippen molar-refractivity contribution in [1.29, 1.82) is 0 Å². The van der Waals surface area contributed by atoms with Gasteiger partial charge in [0.15, 0.2) is 0 Å². The summed E-state index contributed by atoms with van der Waals surface area (Å²) in [5.41, 5.74) is 0.651. The molecule has 0 atom stereocenters. The summed E-state index contributed by atoms with van der Waals surface area (Å²) in [6, 6.07) is 7.03. The van der Waals surface area contributed by atoms with Gasteiger partial charge >= 0.3 is 12.5 Å². The van der Waals surface area contributed by atoms with Crippen LogP contribution in [0.15, 0.2) is 54.2 Å². The summed E-state index contributed by atoms with van der Waals surface area (Å²) in [5, 5.41) is 1.21. The van der Waals surface area contributed by atoms with Crippen molar-refractivity contribution in [2.24, 2.45) is 0 Å². The van der Waals surface area contributed by atoms with E-state index in [2.05, 4.69) is 14.7 Å². The van der Waals surface area contributed by atoms with Crippen LogP contribution in [0.2, 0.25) is 0 Å². The van der Waals surface area contributed by atoms with Crippen molar-refractivity contribution in [3.8, 4) is 5.75 Å². The van der Waals surface area contributed by atoms with Gasteiger partial charge in [-0.15, -0.1) is 0 Å². The van der Waals surface area contributed by atoms with Gasteiger partial charge in [-0.3, -0.25) is 0 Å². The molecule has 0 saturated carbocycles. The van der Waals surface area contributed by atoms with E-state index >= 15 is 0 Å². The van der Waals surface area contributed by atoms with Crippen molar-refractivity contribution in [3.63, 3.8) is 0 Å². The number of piperazine rings is 1. The molecule has 1 fully saturated rings. The quantitative estimate of drug-likeness (QED) is 0.375. The second kappa shape index (κ2) is 10.9. The second-order valence-corrected chi connectivity index (χ2v) is 9.14. The Hall–Kier alpha value is -2.73. The van der Waals surface area contributed by atoms with Crippen LogP contribution in [0.1, 0.15) is 18.7 Å². The van der Waals surface area contributed by atoms with Gasteiger partial charge in [-0.25, -0.2) is 18.4 Å². The van der Waals surface area contributed by atoms with Crippen LogP contribution in [0.25, 0.3) is 0 Å². The molecule has 7 nitrogen and oxygen atoms in total. The van der Waals surface area contributed by atoms with Crippen molar-refractivity contribution in [2.75, 3.05) is 31.1 Å². The van der Waals surface area contributed by atoms with Gasteiger partial charge in [0.2, 0.25) is 10.0 Å². The first-order valence-electron chi connectivity index (χ1n) is 10.3. The van der Waals surface area contributed by atoms with Crippen LogP contribution < -0.4 is 9.64 Å². The highest BCUT2D eigenvalue weighted by Gasteiger charge is 2.44. The minimum atomic E-state index is -4.57. The molecule has 1 aromatic carbocycles. The largest absolute Gasteiger partial charge is 0.461 e. The fraction of sp³-hybridized carbons (Fsp3) is 0.429. The third-order valence-electron chi connectivity index (χ3n) is 4.97. The summed E-state index contributed by atoms with van der Waals surface area (Å²) in [6.45, 7) is 1.30. The van der Waals surface area contributed by atoms with Crippen LogP contribution >= 0.6 is 0 Å². The van der Waals surface area contributed by atoms with Crippen LogP contribution in [0.4, 0.5) is 23.2 Å². The number of hydrogen-bond donors (Lipinski definition) is 0. The van der Waals surface area contributed by atoms with Crippen molar-refractivity contribution in [1.82, 2.24) is 14.3 Å². The third kappa shape index (κ3) is 7.13. The number of rotatable bonds is 10. The number of sulfonamides is 1. The van der Waals surface area contributed by atoms with Crippen LogP contribution in [-0.2, 0) is 16.4 Å². The highest BCUT2D eigenvalue weighted by molar-refractivity contribution is 7.92. The maximum absolute atomic E-state index is 13.0. The molecule has 0 unspecified atom stereocenters. The number of nitrogens with zero attached hydrogens (tertiary/aromatic N) is 4. The van der Waals surface area contributed by atoms with Crippen molar-refractivity contribution >= 4 is 15.7 Å². The van der Waals surface area contributed by atoms with Crippen molar-refractivity contribution < 1.29 is 30.7 Å². The van der Waals surface area contributed by atoms with Gasteiger partial charge in [0.25, 0.3) is 0 Å². The molecule has 180 valence electrons. The summed E-state index contributed by atoms with van der Waals surface area (Å²) in [4.78, 5) is 10.1. The lowest BCUT2D eigenvalue weighted by molar-refractivity contribution is -0.253. The summed E-state index contributed by atoms with van der Waals surface area (Å²) in [7, 11) is -3.55. The van der Waals surface area contributed by atoms with Gasteiger partial charge in [-0.2, -0.15) is 21.9 Å². The van der Waals surface area contributed by atoms with E-state index in [0.29, 0.717) is 37.4 Å². The van der Waals surface area contributed by atoms with E-state index in [1.807, 2.05) is 4.90 Å². The maximum atomic E-state index is 13.0. The first-order chi connectivity index (χ1) is 15.7. The first-order valence-corrected chi connectivity index (χ1v) is 11.8. The Labute approximate surface area is 189 Å². The second-order valence-electron chi connectivity index (χ2n) is 7.32.